The van der Waals surface area contributed by atoms with Crippen LogP contribution in [0.25, 0.3) is 0 Å². The zero-order valence-electron chi connectivity index (χ0n) is 14.0. The number of rotatable bonds is 4. The molecule has 2 aromatic rings. The molecule has 2 aliphatic rings. The number of piperidine rings is 1. The van der Waals surface area contributed by atoms with Crippen molar-refractivity contribution in [1.82, 2.24) is 15.1 Å². The quantitative estimate of drug-likeness (QED) is 0.865. The molecule has 0 radical (unpaired) electrons. The predicted octanol–water partition coefficient (Wildman–Crippen LogP) is 3.02. The number of nitrogens with zero attached hydrogens (tertiary/aromatic N) is 3. The van der Waals surface area contributed by atoms with Crippen LogP contribution in [-0.4, -0.2) is 40.9 Å². The highest BCUT2D eigenvalue weighted by molar-refractivity contribution is 5.41. The number of benzene rings is 1. The first kappa shape index (κ1) is 15.4. The lowest BCUT2D eigenvalue weighted by molar-refractivity contribution is 0.0761. The third-order valence-electron chi connectivity index (χ3n) is 5.06. The Labute approximate surface area is 142 Å². The van der Waals surface area contributed by atoms with Crippen molar-refractivity contribution >= 4 is 0 Å². The summed E-state index contributed by atoms with van der Waals surface area (Å²) in [6.07, 6.45) is 4.96. The van der Waals surface area contributed by atoms with Crippen LogP contribution in [0, 0.1) is 0 Å². The Kier molecular flexibility index (Phi) is 4.34. The topological polar surface area (TPSA) is 47.5 Å². The van der Waals surface area contributed by atoms with Gasteiger partial charge in [0.2, 0.25) is 5.88 Å². The van der Waals surface area contributed by atoms with Crippen molar-refractivity contribution in [3.05, 3.63) is 47.7 Å². The predicted molar refractivity (Wildman–Crippen MR) is 91.3 cm³/mol. The third kappa shape index (κ3) is 3.22. The Morgan fingerprint density at radius 2 is 2.12 bits per heavy atom. The molecule has 3 heterocycles. The van der Waals surface area contributed by atoms with E-state index in [1.165, 1.54) is 11.1 Å². The van der Waals surface area contributed by atoms with E-state index in [1.54, 1.807) is 6.20 Å². The molecule has 24 heavy (non-hydrogen) atoms. The van der Waals surface area contributed by atoms with E-state index in [0.717, 1.165) is 44.7 Å². The summed E-state index contributed by atoms with van der Waals surface area (Å²) in [4.78, 5) is 2.52. The van der Waals surface area contributed by atoms with Gasteiger partial charge in [0.05, 0.1) is 6.61 Å². The second-order valence-corrected chi connectivity index (χ2v) is 6.56. The molecule has 0 spiro atoms. The SMILES string of the molecule is CC(c1ccc2c(c1)OCC2)N1CCC(Oc2cccnn2)CC1. The minimum absolute atomic E-state index is 0.230. The van der Waals surface area contributed by atoms with Crippen molar-refractivity contribution < 1.29 is 9.47 Å². The van der Waals surface area contributed by atoms with Crippen LogP contribution in [-0.2, 0) is 6.42 Å². The van der Waals surface area contributed by atoms with Crippen molar-refractivity contribution in [1.29, 1.82) is 0 Å². The van der Waals surface area contributed by atoms with Gasteiger partial charge in [-0.1, -0.05) is 12.1 Å². The Morgan fingerprint density at radius 1 is 1.25 bits per heavy atom. The summed E-state index contributed by atoms with van der Waals surface area (Å²) in [6, 6.07) is 10.8. The first-order valence-corrected chi connectivity index (χ1v) is 8.73. The molecule has 0 aliphatic carbocycles. The summed E-state index contributed by atoms with van der Waals surface area (Å²) < 4.78 is 11.6. The molecule has 0 N–H and O–H groups in total. The minimum atomic E-state index is 0.230. The smallest absolute Gasteiger partial charge is 0.233 e. The second kappa shape index (κ2) is 6.77. The molecule has 126 valence electrons. The van der Waals surface area contributed by atoms with Crippen molar-refractivity contribution in [3.63, 3.8) is 0 Å². The molecular weight excluding hydrogens is 302 g/mol. The summed E-state index contributed by atoms with van der Waals surface area (Å²) >= 11 is 0. The van der Waals surface area contributed by atoms with Crippen LogP contribution < -0.4 is 9.47 Å². The maximum atomic E-state index is 5.93. The van der Waals surface area contributed by atoms with E-state index in [9.17, 15) is 0 Å². The van der Waals surface area contributed by atoms with Gasteiger partial charge in [-0.25, -0.2) is 0 Å². The van der Waals surface area contributed by atoms with Gasteiger partial charge in [-0.3, -0.25) is 4.90 Å². The van der Waals surface area contributed by atoms with Crippen LogP contribution >= 0.6 is 0 Å². The van der Waals surface area contributed by atoms with Gasteiger partial charge in [0.15, 0.2) is 0 Å². The molecule has 1 saturated heterocycles. The summed E-state index contributed by atoms with van der Waals surface area (Å²) in [7, 11) is 0. The van der Waals surface area contributed by atoms with Crippen molar-refractivity contribution in [2.24, 2.45) is 0 Å². The number of aromatic nitrogens is 2. The molecule has 1 unspecified atom stereocenters. The molecule has 5 heteroatoms. The first-order valence-electron chi connectivity index (χ1n) is 8.73. The second-order valence-electron chi connectivity index (χ2n) is 6.56. The molecule has 5 nitrogen and oxygen atoms in total. The third-order valence-corrected chi connectivity index (χ3v) is 5.06. The van der Waals surface area contributed by atoms with E-state index in [2.05, 4.69) is 40.2 Å². The lowest BCUT2D eigenvalue weighted by Gasteiger charge is -2.36. The fourth-order valence-electron chi connectivity index (χ4n) is 3.56. The number of hydrogen-bond acceptors (Lipinski definition) is 5. The molecule has 0 bridgehead atoms. The molecule has 1 aromatic heterocycles. The number of fused-ring (bicyclic) bond motifs is 1. The maximum absolute atomic E-state index is 5.93. The van der Waals surface area contributed by atoms with Crippen molar-refractivity contribution in [2.45, 2.75) is 38.3 Å². The highest BCUT2D eigenvalue weighted by Crippen LogP contribution is 2.32. The number of hydrogen-bond donors (Lipinski definition) is 0. The largest absolute Gasteiger partial charge is 0.493 e. The van der Waals surface area contributed by atoms with Gasteiger partial charge in [0, 0.05) is 37.8 Å². The molecular formula is C19H23N3O2. The molecule has 4 rings (SSSR count). The molecule has 1 aromatic carbocycles. The van der Waals surface area contributed by atoms with Crippen molar-refractivity contribution in [2.75, 3.05) is 19.7 Å². The fraction of sp³-hybridized carbons (Fsp3) is 0.474. The average Bonchev–Trinajstić information content (AvgIpc) is 3.10. The van der Waals surface area contributed by atoms with Crippen LogP contribution in [0.2, 0.25) is 0 Å². The Hall–Kier alpha value is -2.14. The van der Waals surface area contributed by atoms with Crippen LogP contribution in [0.1, 0.15) is 36.9 Å². The monoisotopic (exact) mass is 325 g/mol. The fourth-order valence-corrected chi connectivity index (χ4v) is 3.56. The zero-order valence-corrected chi connectivity index (χ0v) is 14.0. The highest BCUT2D eigenvalue weighted by Gasteiger charge is 2.25. The Balaban J connectivity index is 1.35. The highest BCUT2D eigenvalue weighted by atomic mass is 16.5. The molecule has 2 aliphatic heterocycles. The van der Waals surface area contributed by atoms with Gasteiger partial charge in [-0.2, -0.15) is 5.10 Å². The maximum Gasteiger partial charge on any atom is 0.233 e. The first-order chi connectivity index (χ1) is 11.8. The van der Waals surface area contributed by atoms with E-state index < -0.39 is 0 Å². The summed E-state index contributed by atoms with van der Waals surface area (Å²) in [6.45, 7) is 5.16. The summed E-state index contributed by atoms with van der Waals surface area (Å²) in [5, 5.41) is 7.87. The minimum Gasteiger partial charge on any atom is -0.493 e. The number of likely N-dealkylation sites (tertiary alicyclic amines) is 1. The average molecular weight is 325 g/mol. The van der Waals surface area contributed by atoms with Gasteiger partial charge in [0.25, 0.3) is 0 Å². The molecule has 1 atom stereocenters. The molecule has 0 saturated carbocycles. The number of ether oxygens (including phenoxy) is 2. The van der Waals surface area contributed by atoms with E-state index >= 15 is 0 Å². The Bertz CT molecular complexity index is 684. The van der Waals surface area contributed by atoms with Crippen LogP contribution in [0.5, 0.6) is 11.6 Å². The normalized spacial score (nSPS) is 19.5. The molecule has 0 amide bonds. The Morgan fingerprint density at radius 3 is 2.92 bits per heavy atom. The lowest BCUT2D eigenvalue weighted by atomic mass is 10.00. The lowest BCUT2D eigenvalue weighted by Crippen LogP contribution is -2.39. The van der Waals surface area contributed by atoms with Crippen molar-refractivity contribution in [3.8, 4) is 11.6 Å². The zero-order chi connectivity index (χ0) is 16.4. The van der Waals surface area contributed by atoms with Crippen LogP contribution in [0.3, 0.4) is 0 Å². The van der Waals surface area contributed by atoms with Gasteiger partial charge >= 0.3 is 0 Å². The van der Waals surface area contributed by atoms with E-state index in [0.29, 0.717) is 11.9 Å². The van der Waals surface area contributed by atoms with Gasteiger partial charge < -0.3 is 9.47 Å². The van der Waals surface area contributed by atoms with Gasteiger partial charge in [-0.05, 0) is 43.0 Å². The standard InChI is InChI=1S/C19H23N3O2/c1-14(16-5-4-15-8-12-23-18(15)13-16)22-10-6-17(7-11-22)24-19-3-2-9-20-21-19/h2-5,9,13-14,17H,6-8,10-12H2,1H3. The van der Waals surface area contributed by atoms with E-state index in [1.807, 2.05) is 12.1 Å². The van der Waals surface area contributed by atoms with E-state index in [4.69, 9.17) is 9.47 Å². The van der Waals surface area contributed by atoms with Crippen LogP contribution in [0.15, 0.2) is 36.5 Å². The van der Waals surface area contributed by atoms with E-state index in [-0.39, 0.29) is 6.10 Å². The summed E-state index contributed by atoms with van der Waals surface area (Å²) in [5.41, 5.74) is 2.67. The van der Waals surface area contributed by atoms with Gasteiger partial charge in [-0.15, -0.1) is 5.10 Å². The summed E-state index contributed by atoms with van der Waals surface area (Å²) in [5.74, 6) is 1.69. The van der Waals surface area contributed by atoms with Gasteiger partial charge in [0.1, 0.15) is 11.9 Å². The van der Waals surface area contributed by atoms with Crippen LogP contribution in [0.4, 0.5) is 0 Å². The molecule has 1 fully saturated rings.